The minimum atomic E-state index is -4.56. The molecule has 1 aromatic carbocycles. The predicted octanol–water partition coefficient (Wildman–Crippen LogP) is 5.78. The second kappa shape index (κ2) is 11.4. The van der Waals surface area contributed by atoms with E-state index in [0.717, 1.165) is 51.0 Å². The topological polar surface area (TPSA) is 116 Å². The van der Waals surface area contributed by atoms with Crippen LogP contribution in [0.3, 0.4) is 0 Å². The van der Waals surface area contributed by atoms with E-state index in [1.165, 1.54) is 12.5 Å². The first-order chi connectivity index (χ1) is 19.1. The molecule has 0 radical (unpaired) electrons. The van der Waals surface area contributed by atoms with Gasteiger partial charge in [0.25, 0.3) is 5.91 Å². The fraction of sp³-hybridized carbons (Fsp3) is 0.621. The van der Waals surface area contributed by atoms with Crippen LogP contribution in [0.4, 0.5) is 36.2 Å². The number of carbonyl (C=O) groups excluding carboxylic acids is 1. The molecule has 40 heavy (non-hydrogen) atoms. The van der Waals surface area contributed by atoms with Gasteiger partial charge in [-0.25, -0.2) is 9.97 Å². The molecule has 1 saturated heterocycles. The monoisotopic (exact) mass is 560 g/mol. The van der Waals surface area contributed by atoms with Gasteiger partial charge in [-0.15, -0.1) is 0 Å². The molecule has 1 aliphatic heterocycles. The number of nitrogens with two attached hydrogens (primary N) is 1. The largest absolute Gasteiger partial charge is 0.418 e. The first-order valence-electron chi connectivity index (χ1n) is 14.5. The molecule has 5 rings (SSSR count). The number of aryl methyl sites for hydroxylation is 1. The van der Waals surface area contributed by atoms with Crippen LogP contribution >= 0.6 is 0 Å². The summed E-state index contributed by atoms with van der Waals surface area (Å²) in [6.07, 6.45) is 5.00. The number of hydrogen-bond acceptors (Lipinski definition) is 7. The lowest BCUT2D eigenvalue weighted by atomic mass is 9.73. The highest BCUT2D eigenvalue weighted by Gasteiger charge is 2.42. The van der Waals surface area contributed by atoms with Gasteiger partial charge in [0, 0.05) is 30.5 Å². The number of amides is 1. The van der Waals surface area contributed by atoms with Gasteiger partial charge in [0.15, 0.2) is 11.5 Å². The molecule has 5 N–H and O–H groups in total. The number of hydrogen-bond donors (Lipinski definition) is 4. The molecule has 218 valence electrons. The minimum Gasteiger partial charge on any atom is -0.393 e. The molecule has 8 nitrogen and oxygen atoms in total. The second-order valence-corrected chi connectivity index (χ2v) is 11.7. The fourth-order valence-electron chi connectivity index (χ4n) is 6.61. The van der Waals surface area contributed by atoms with E-state index in [0.29, 0.717) is 43.9 Å². The van der Waals surface area contributed by atoms with Gasteiger partial charge in [0.05, 0.1) is 17.4 Å². The Morgan fingerprint density at radius 3 is 2.48 bits per heavy atom. The van der Waals surface area contributed by atoms with Crippen LogP contribution in [-0.2, 0) is 12.6 Å². The van der Waals surface area contributed by atoms with Gasteiger partial charge in [0.2, 0.25) is 0 Å². The number of primary amides is 1. The first-order valence-corrected chi connectivity index (χ1v) is 14.5. The number of rotatable bonds is 7. The Labute approximate surface area is 232 Å². The van der Waals surface area contributed by atoms with Crippen LogP contribution in [0.1, 0.15) is 92.9 Å². The highest BCUT2D eigenvalue weighted by Crippen LogP contribution is 2.47. The molecule has 2 saturated carbocycles. The van der Waals surface area contributed by atoms with Gasteiger partial charge < -0.3 is 26.4 Å². The van der Waals surface area contributed by atoms with Crippen molar-refractivity contribution in [2.24, 2.45) is 11.1 Å². The number of benzene rings is 1. The van der Waals surface area contributed by atoms with Gasteiger partial charge in [-0.1, -0.05) is 26.2 Å². The van der Waals surface area contributed by atoms with Crippen molar-refractivity contribution >= 4 is 28.9 Å². The zero-order chi connectivity index (χ0) is 28.5. The molecule has 1 aromatic heterocycles. The summed E-state index contributed by atoms with van der Waals surface area (Å²) in [5.41, 5.74) is 5.75. The number of carbonyl (C=O) groups is 1. The molecule has 2 aromatic rings. The van der Waals surface area contributed by atoms with Gasteiger partial charge in [-0.3, -0.25) is 4.79 Å². The molecule has 2 heterocycles. The van der Waals surface area contributed by atoms with Crippen LogP contribution in [0.2, 0.25) is 0 Å². The van der Waals surface area contributed by atoms with Crippen molar-refractivity contribution in [1.29, 1.82) is 0 Å². The lowest BCUT2D eigenvalue weighted by molar-refractivity contribution is -0.137. The second-order valence-electron chi connectivity index (χ2n) is 11.7. The number of alkyl halides is 3. The van der Waals surface area contributed by atoms with E-state index >= 15 is 0 Å². The Morgan fingerprint density at radius 2 is 1.82 bits per heavy atom. The Hall–Kier alpha value is -3.08. The van der Waals surface area contributed by atoms with Gasteiger partial charge >= 0.3 is 6.18 Å². The van der Waals surface area contributed by atoms with E-state index < -0.39 is 17.6 Å². The van der Waals surface area contributed by atoms with Gasteiger partial charge in [0.1, 0.15) is 5.82 Å². The van der Waals surface area contributed by atoms with Crippen molar-refractivity contribution in [2.75, 3.05) is 28.6 Å². The van der Waals surface area contributed by atoms with Crippen LogP contribution in [0.25, 0.3) is 0 Å². The van der Waals surface area contributed by atoms with E-state index in [4.69, 9.17) is 5.73 Å². The normalized spacial score (nSPS) is 22.9. The number of halogens is 3. The summed E-state index contributed by atoms with van der Waals surface area (Å²) in [7, 11) is 0. The van der Waals surface area contributed by atoms with Crippen molar-refractivity contribution in [2.45, 2.75) is 95.9 Å². The van der Waals surface area contributed by atoms with E-state index in [-0.39, 0.29) is 40.4 Å². The van der Waals surface area contributed by atoms with E-state index in [1.54, 1.807) is 6.07 Å². The Morgan fingerprint density at radius 1 is 1.10 bits per heavy atom. The average molecular weight is 561 g/mol. The number of aliphatic hydroxyl groups is 1. The van der Waals surface area contributed by atoms with E-state index in [1.807, 2.05) is 11.8 Å². The van der Waals surface area contributed by atoms with Crippen molar-refractivity contribution in [3.63, 3.8) is 0 Å². The maximum absolute atomic E-state index is 14.3. The van der Waals surface area contributed by atoms with E-state index in [2.05, 4.69) is 20.6 Å². The summed E-state index contributed by atoms with van der Waals surface area (Å²) in [6.45, 7) is 3.13. The maximum Gasteiger partial charge on any atom is 0.418 e. The molecule has 1 amide bonds. The Kier molecular flexibility index (Phi) is 8.13. The Balaban J connectivity index is 1.43. The highest BCUT2D eigenvalue weighted by atomic mass is 19.4. The maximum atomic E-state index is 14.3. The van der Waals surface area contributed by atoms with Crippen molar-refractivity contribution in [3.8, 4) is 0 Å². The summed E-state index contributed by atoms with van der Waals surface area (Å²) in [6, 6.07) is 4.25. The van der Waals surface area contributed by atoms with Crippen LogP contribution in [0.15, 0.2) is 18.2 Å². The summed E-state index contributed by atoms with van der Waals surface area (Å²) in [4.78, 5) is 23.2. The quantitative estimate of drug-likeness (QED) is 0.339. The molecule has 3 fully saturated rings. The molecule has 11 heteroatoms. The molecule has 3 aliphatic rings. The smallest absolute Gasteiger partial charge is 0.393 e. The molecule has 0 atom stereocenters. The highest BCUT2D eigenvalue weighted by molar-refractivity contribution is 5.96. The summed E-state index contributed by atoms with van der Waals surface area (Å²) >= 11 is 0. The SMILES string of the molecule is CCc1nc(C(N)=O)c(Nc2ccc(N3CCC4(CCCCC4)C3)c(C(F)(F)F)c2)nc1NC1CCC(O)CC1. The third-order valence-electron chi connectivity index (χ3n) is 8.83. The van der Waals surface area contributed by atoms with Crippen molar-refractivity contribution in [1.82, 2.24) is 9.97 Å². The molecular weight excluding hydrogens is 521 g/mol. The van der Waals surface area contributed by atoms with Crippen molar-refractivity contribution in [3.05, 3.63) is 35.2 Å². The zero-order valence-electron chi connectivity index (χ0n) is 23.0. The van der Waals surface area contributed by atoms with Crippen LogP contribution < -0.4 is 21.3 Å². The molecular formula is C29H39F3N6O2. The number of aromatic nitrogens is 2. The third kappa shape index (κ3) is 6.14. The number of nitrogens with one attached hydrogen (secondary N) is 2. The standard InChI is InChI=1S/C29H39F3N6O2/c1-2-22-26(34-18-6-9-20(39)10-7-18)37-27(24(36-22)25(33)40)35-19-8-11-23(21(16-19)29(30,31)32)38-15-14-28(17-38)12-4-3-5-13-28/h8,11,16,18,20,39H,2-7,9-10,12-15,17H2,1H3,(H2,33,40)(H2,34,35,37). The summed E-state index contributed by atoms with van der Waals surface area (Å²) < 4.78 is 43.0. The summed E-state index contributed by atoms with van der Waals surface area (Å²) in [5, 5.41) is 16.1. The Bertz CT molecular complexity index is 1220. The fourth-order valence-corrected chi connectivity index (χ4v) is 6.61. The molecule has 1 spiro atoms. The number of aliphatic hydroxyl groups excluding tert-OH is 1. The van der Waals surface area contributed by atoms with Crippen LogP contribution in [0.5, 0.6) is 0 Å². The molecule has 2 aliphatic carbocycles. The molecule has 0 bridgehead atoms. The summed E-state index contributed by atoms with van der Waals surface area (Å²) in [5.74, 6) is -0.357. The lowest BCUT2D eigenvalue weighted by Gasteiger charge is -2.34. The molecule has 0 unspecified atom stereocenters. The predicted molar refractivity (Wildman–Crippen MR) is 149 cm³/mol. The first kappa shape index (κ1) is 28.4. The number of nitrogens with zero attached hydrogens (tertiary/aromatic N) is 3. The third-order valence-corrected chi connectivity index (χ3v) is 8.83. The van der Waals surface area contributed by atoms with Crippen LogP contribution in [0, 0.1) is 5.41 Å². The van der Waals surface area contributed by atoms with Gasteiger partial charge in [-0.2, -0.15) is 13.2 Å². The zero-order valence-corrected chi connectivity index (χ0v) is 23.0. The van der Waals surface area contributed by atoms with E-state index in [9.17, 15) is 23.1 Å². The minimum absolute atomic E-state index is 0.00579. The number of anilines is 4. The van der Waals surface area contributed by atoms with Crippen LogP contribution in [-0.4, -0.2) is 46.2 Å². The van der Waals surface area contributed by atoms with Gasteiger partial charge in [-0.05, 0) is 75.0 Å². The van der Waals surface area contributed by atoms with Crippen molar-refractivity contribution < 1.29 is 23.1 Å². The lowest BCUT2D eigenvalue weighted by Crippen LogP contribution is -2.30. The average Bonchev–Trinajstić information content (AvgIpc) is 3.32.